The number of carboxylic acid groups (broad SMARTS) is 1. The first-order valence-electron chi connectivity index (χ1n) is 6.12. The summed E-state index contributed by atoms with van der Waals surface area (Å²) in [6.07, 6.45) is 0. The molecule has 2 N–H and O–H groups in total. The molecule has 20 heavy (non-hydrogen) atoms. The van der Waals surface area contributed by atoms with Gasteiger partial charge in [0.25, 0.3) is 0 Å². The van der Waals surface area contributed by atoms with Crippen LogP contribution in [0.3, 0.4) is 0 Å². The van der Waals surface area contributed by atoms with E-state index in [1.54, 1.807) is 7.11 Å². The highest BCUT2D eigenvalue weighted by Crippen LogP contribution is 2.23. The molecule has 0 aromatic carbocycles. The number of nitrogens with zero attached hydrogens (tertiary/aromatic N) is 2. The number of likely N-dealkylation sites (N-methyl/N-ethyl adjacent to an activating group) is 1. The number of ketones is 1. The van der Waals surface area contributed by atoms with Crippen LogP contribution in [0.1, 0.15) is 27.1 Å². The van der Waals surface area contributed by atoms with Crippen LogP contribution in [-0.2, 0) is 4.74 Å². The first-order valence-corrected chi connectivity index (χ1v) is 6.93. The van der Waals surface area contributed by atoms with Crippen molar-refractivity contribution < 1.29 is 19.4 Å². The quantitative estimate of drug-likeness (QED) is 0.658. The lowest BCUT2D eigenvalue weighted by Crippen LogP contribution is -2.28. The van der Waals surface area contributed by atoms with Gasteiger partial charge in [0.1, 0.15) is 4.88 Å². The van der Waals surface area contributed by atoms with Gasteiger partial charge in [-0.15, -0.1) is 0 Å². The van der Waals surface area contributed by atoms with Crippen molar-refractivity contribution in [2.24, 2.45) is 0 Å². The van der Waals surface area contributed by atoms with Crippen molar-refractivity contribution in [2.45, 2.75) is 6.92 Å². The number of rotatable bonds is 9. The zero-order valence-electron chi connectivity index (χ0n) is 11.8. The highest BCUT2D eigenvalue weighted by Gasteiger charge is 2.20. The Bertz CT molecular complexity index is 444. The predicted molar refractivity (Wildman–Crippen MR) is 76.9 cm³/mol. The molecule has 1 aromatic heterocycles. The fraction of sp³-hybridized carbons (Fsp3) is 0.583. The van der Waals surface area contributed by atoms with Gasteiger partial charge < -0.3 is 20.1 Å². The summed E-state index contributed by atoms with van der Waals surface area (Å²) in [4.78, 5) is 28.5. The highest BCUT2D eigenvalue weighted by molar-refractivity contribution is 7.17. The van der Waals surface area contributed by atoms with Crippen molar-refractivity contribution >= 4 is 28.2 Å². The molecule has 8 heteroatoms. The molecular weight excluding hydrogens is 282 g/mol. The number of hydrogen-bond acceptors (Lipinski definition) is 7. The summed E-state index contributed by atoms with van der Waals surface area (Å²) in [5, 5.41) is 12.5. The molecule has 0 saturated heterocycles. The third-order valence-corrected chi connectivity index (χ3v) is 3.71. The van der Waals surface area contributed by atoms with Crippen LogP contribution in [0.15, 0.2) is 0 Å². The summed E-state index contributed by atoms with van der Waals surface area (Å²) >= 11 is 1.07. The third kappa shape index (κ3) is 4.87. The number of ether oxygens (including phenoxy) is 1. The lowest BCUT2D eigenvalue weighted by molar-refractivity contribution is 0.0687. The highest BCUT2D eigenvalue weighted by atomic mass is 32.1. The largest absolute Gasteiger partial charge is 0.476 e. The molecule has 1 aromatic rings. The first-order chi connectivity index (χ1) is 9.45. The molecule has 0 fully saturated rings. The molecular formula is C12H19N3O4S. The zero-order valence-corrected chi connectivity index (χ0v) is 12.6. The van der Waals surface area contributed by atoms with E-state index in [9.17, 15) is 9.59 Å². The van der Waals surface area contributed by atoms with Gasteiger partial charge in [0, 0.05) is 33.7 Å². The minimum Gasteiger partial charge on any atom is -0.476 e. The van der Waals surface area contributed by atoms with Crippen LogP contribution in [0.5, 0.6) is 0 Å². The van der Waals surface area contributed by atoms with Crippen LogP contribution in [-0.4, -0.2) is 67.1 Å². The Kier molecular flexibility index (Phi) is 6.56. The van der Waals surface area contributed by atoms with Gasteiger partial charge in [-0.25, -0.2) is 9.78 Å². The normalized spacial score (nSPS) is 10.8. The van der Waals surface area contributed by atoms with Crippen molar-refractivity contribution in [3.8, 4) is 0 Å². The molecule has 0 atom stereocenters. The summed E-state index contributed by atoms with van der Waals surface area (Å²) in [7, 11) is 3.62. The Morgan fingerprint density at radius 1 is 1.45 bits per heavy atom. The molecule has 0 spiro atoms. The van der Waals surface area contributed by atoms with Gasteiger partial charge in [0.2, 0.25) is 0 Å². The van der Waals surface area contributed by atoms with Crippen molar-refractivity contribution in [1.82, 2.24) is 9.88 Å². The second-order valence-electron chi connectivity index (χ2n) is 4.28. The summed E-state index contributed by atoms with van der Waals surface area (Å²) in [5.74, 6) is -1.47. The second-order valence-corrected chi connectivity index (χ2v) is 5.28. The van der Waals surface area contributed by atoms with E-state index >= 15 is 0 Å². The molecule has 0 radical (unpaired) electrons. The van der Waals surface area contributed by atoms with Crippen molar-refractivity contribution in [3.05, 3.63) is 10.6 Å². The standard InChI is InChI=1S/C12H19N3O4S/c1-8(16)10-9(11(17)18)14-12(20-10)13-4-5-15(2)6-7-19-3/h4-7H2,1-3H3,(H,13,14)(H,17,18). The predicted octanol–water partition coefficient (Wildman–Crippen LogP) is 1.03. The Morgan fingerprint density at radius 3 is 2.65 bits per heavy atom. The lowest BCUT2D eigenvalue weighted by atomic mass is 10.3. The SMILES string of the molecule is COCCN(C)CCNc1nc(C(=O)O)c(C(C)=O)s1. The van der Waals surface area contributed by atoms with E-state index < -0.39 is 5.97 Å². The number of Topliss-reactive ketones (excluding diaryl/α,β-unsaturated/α-hetero) is 1. The smallest absolute Gasteiger partial charge is 0.356 e. The molecule has 0 aliphatic carbocycles. The van der Waals surface area contributed by atoms with Gasteiger partial charge >= 0.3 is 5.97 Å². The number of thiazole rings is 1. The van der Waals surface area contributed by atoms with Crippen molar-refractivity contribution in [3.63, 3.8) is 0 Å². The van der Waals surface area contributed by atoms with Gasteiger partial charge in [-0.05, 0) is 7.05 Å². The van der Waals surface area contributed by atoms with Crippen LogP contribution >= 0.6 is 11.3 Å². The van der Waals surface area contributed by atoms with Gasteiger partial charge in [-0.3, -0.25) is 4.79 Å². The summed E-state index contributed by atoms with van der Waals surface area (Å²) in [6, 6.07) is 0. The average molecular weight is 301 g/mol. The summed E-state index contributed by atoms with van der Waals surface area (Å²) in [5.41, 5.74) is -0.183. The molecule has 0 bridgehead atoms. The molecule has 1 rings (SSSR count). The Labute approximate surface area is 121 Å². The monoisotopic (exact) mass is 301 g/mol. The molecule has 0 unspecified atom stereocenters. The molecule has 1 heterocycles. The number of nitrogens with one attached hydrogen (secondary N) is 1. The van der Waals surface area contributed by atoms with Crippen LogP contribution in [0.25, 0.3) is 0 Å². The Balaban J connectivity index is 2.54. The number of aromatic nitrogens is 1. The lowest BCUT2D eigenvalue weighted by Gasteiger charge is -2.15. The number of carbonyl (C=O) groups is 2. The zero-order chi connectivity index (χ0) is 15.1. The van der Waals surface area contributed by atoms with E-state index in [1.807, 2.05) is 7.05 Å². The Hall–Kier alpha value is -1.51. The maximum absolute atomic E-state index is 11.3. The number of aromatic carboxylic acids is 1. The summed E-state index contributed by atoms with van der Waals surface area (Å²) in [6.45, 7) is 4.19. The van der Waals surface area contributed by atoms with Crippen molar-refractivity contribution in [2.75, 3.05) is 45.7 Å². The maximum atomic E-state index is 11.3. The van der Waals surface area contributed by atoms with E-state index in [4.69, 9.17) is 9.84 Å². The van der Waals surface area contributed by atoms with E-state index in [2.05, 4.69) is 15.2 Å². The van der Waals surface area contributed by atoms with Crippen LogP contribution in [0.4, 0.5) is 5.13 Å². The van der Waals surface area contributed by atoms with Crippen molar-refractivity contribution in [1.29, 1.82) is 0 Å². The minimum atomic E-state index is -1.18. The molecule has 0 aliphatic heterocycles. The van der Waals surface area contributed by atoms with Gasteiger partial charge in [0.05, 0.1) is 6.61 Å². The Morgan fingerprint density at radius 2 is 2.15 bits per heavy atom. The molecule has 0 saturated carbocycles. The maximum Gasteiger partial charge on any atom is 0.356 e. The summed E-state index contributed by atoms with van der Waals surface area (Å²) < 4.78 is 4.97. The van der Waals surface area contributed by atoms with E-state index in [-0.39, 0.29) is 16.4 Å². The third-order valence-electron chi connectivity index (χ3n) is 2.60. The molecule has 7 nitrogen and oxygen atoms in total. The number of carbonyl (C=O) groups excluding carboxylic acids is 1. The topological polar surface area (TPSA) is 91.8 Å². The van der Waals surface area contributed by atoms with E-state index in [1.165, 1.54) is 6.92 Å². The fourth-order valence-electron chi connectivity index (χ4n) is 1.49. The minimum absolute atomic E-state index is 0.174. The fourth-order valence-corrected chi connectivity index (χ4v) is 2.37. The number of anilines is 1. The van der Waals surface area contributed by atoms with E-state index in [0.29, 0.717) is 18.3 Å². The average Bonchev–Trinajstić information content (AvgIpc) is 2.81. The number of methoxy groups -OCH3 is 1. The van der Waals surface area contributed by atoms with Crippen LogP contribution in [0, 0.1) is 0 Å². The van der Waals surface area contributed by atoms with Gasteiger partial charge in [-0.2, -0.15) is 0 Å². The van der Waals surface area contributed by atoms with E-state index in [0.717, 1.165) is 24.4 Å². The molecule has 0 amide bonds. The van der Waals surface area contributed by atoms with Gasteiger partial charge in [0.15, 0.2) is 16.6 Å². The first kappa shape index (κ1) is 16.5. The number of carboxylic acids is 1. The molecule has 0 aliphatic rings. The van der Waals surface area contributed by atoms with Gasteiger partial charge in [-0.1, -0.05) is 11.3 Å². The van der Waals surface area contributed by atoms with Crippen LogP contribution in [0.2, 0.25) is 0 Å². The second kappa shape index (κ2) is 7.93. The van der Waals surface area contributed by atoms with Crippen LogP contribution < -0.4 is 5.32 Å². The number of hydrogen-bond donors (Lipinski definition) is 2. The molecule has 112 valence electrons.